The van der Waals surface area contributed by atoms with Crippen molar-refractivity contribution in [3.05, 3.63) is 64.2 Å². The van der Waals surface area contributed by atoms with Gasteiger partial charge in [0.25, 0.3) is 5.91 Å². The molecule has 3 aromatic rings. The number of nitrogens with one attached hydrogen (secondary N) is 2. The van der Waals surface area contributed by atoms with Gasteiger partial charge < -0.3 is 10.1 Å². The van der Waals surface area contributed by atoms with E-state index in [-0.39, 0.29) is 11.9 Å². The second kappa shape index (κ2) is 6.00. The molecule has 0 radical (unpaired) electrons. The van der Waals surface area contributed by atoms with Crippen LogP contribution in [0.2, 0.25) is 0 Å². The monoisotopic (exact) mass is 392 g/mol. The zero-order valence-electron chi connectivity index (χ0n) is 13.9. The molecule has 0 saturated carbocycles. The number of carbonyl (C=O) groups excluding carboxylic acids is 2. The summed E-state index contributed by atoms with van der Waals surface area (Å²) in [5.41, 5.74) is 4.14. The van der Waals surface area contributed by atoms with E-state index >= 15 is 0 Å². The van der Waals surface area contributed by atoms with Gasteiger partial charge in [-0.2, -0.15) is 0 Å². The highest BCUT2D eigenvalue weighted by Gasteiger charge is 2.22. The summed E-state index contributed by atoms with van der Waals surface area (Å²) in [5, 5.41) is 6.85. The van der Waals surface area contributed by atoms with E-state index in [0.717, 1.165) is 31.7 Å². The van der Waals surface area contributed by atoms with Crippen LogP contribution in [0.4, 0.5) is 0 Å². The smallest absolute Gasteiger partial charge is 0.338 e. The fraction of sp³-hybridized carbons (Fsp3) is 0.0500. The van der Waals surface area contributed by atoms with Gasteiger partial charge in [0.2, 0.25) is 0 Å². The number of thiocarbonyl (C=S) groups is 1. The fourth-order valence-electron chi connectivity index (χ4n) is 3.24. The molecule has 7 heteroatoms. The van der Waals surface area contributed by atoms with E-state index < -0.39 is 0 Å². The standard InChI is InChI=1S/C20H12N2O3S2/c23-18-16(21-20(26)22-18)8-14-6-12-2-1-11(7-17(12)27-14)10-3-4-15-13(5-10)9-25-19(15)24/h1-8H,9H2,(H2,21,22,23,26)/b16-8-. The predicted octanol–water partition coefficient (Wildman–Crippen LogP) is 3.58. The van der Waals surface area contributed by atoms with E-state index in [9.17, 15) is 9.59 Å². The number of cyclic esters (lactones) is 1. The first-order valence-electron chi connectivity index (χ1n) is 8.25. The summed E-state index contributed by atoms with van der Waals surface area (Å²) in [4.78, 5) is 24.4. The van der Waals surface area contributed by atoms with Crippen LogP contribution in [-0.4, -0.2) is 17.0 Å². The van der Waals surface area contributed by atoms with E-state index in [1.165, 1.54) is 0 Å². The van der Waals surface area contributed by atoms with E-state index in [2.05, 4.69) is 28.8 Å². The summed E-state index contributed by atoms with van der Waals surface area (Å²) >= 11 is 6.56. The van der Waals surface area contributed by atoms with Gasteiger partial charge in [-0.1, -0.05) is 18.2 Å². The minimum Gasteiger partial charge on any atom is -0.457 e. The molecule has 5 rings (SSSR count). The molecule has 0 aliphatic carbocycles. The molecule has 2 aliphatic rings. The molecule has 27 heavy (non-hydrogen) atoms. The van der Waals surface area contributed by atoms with Crippen molar-refractivity contribution in [1.29, 1.82) is 0 Å². The Morgan fingerprint density at radius 3 is 2.67 bits per heavy atom. The average Bonchev–Trinajstić information content (AvgIpc) is 3.31. The van der Waals surface area contributed by atoms with Gasteiger partial charge in [0.15, 0.2) is 5.11 Å². The molecular formula is C20H12N2O3S2. The number of rotatable bonds is 2. The molecule has 0 unspecified atom stereocenters. The van der Waals surface area contributed by atoms with Gasteiger partial charge in [0, 0.05) is 15.1 Å². The topological polar surface area (TPSA) is 67.4 Å². The summed E-state index contributed by atoms with van der Waals surface area (Å²) in [5.74, 6) is -0.472. The molecule has 0 bridgehead atoms. The van der Waals surface area contributed by atoms with Crippen LogP contribution in [0.25, 0.3) is 27.3 Å². The quantitative estimate of drug-likeness (QED) is 0.396. The molecule has 1 saturated heterocycles. The maximum Gasteiger partial charge on any atom is 0.338 e. The SMILES string of the molecule is O=C1NC(=S)N/C1=C\c1cc2ccc(-c3ccc4c(c3)COC4=O)cc2s1. The molecule has 132 valence electrons. The maximum atomic E-state index is 11.8. The van der Waals surface area contributed by atoms with Gasteiger partial charge in [0.1, 0.15) is 12.3 Å². The van der Waals surface area contributed by atoms with Crippen LogP contribution < -0.4 is 10.6 Å². The van der Waals surface area contributed by atoms with Crippen LogP contribution in [0, 0.1) is 0 Å². The van der Waals surface area contributed by atoms with Crippen molar-refractivity contribution in [1.82, 2.24) is 10.6 Å². The van der Waals surface area contributed by atoms with Crippen molar-refractivity contribution >= 4 is 56.7 Å². The number of amides is 1. The number of fused-ring (bicyclic) bond motifs is 2. The third-order valence-electron chi connectivity index (χ3n) is 4.56. The molecule has 2 aliphatic heterocycles. The van der Waals surface area contributed by atoms with Crippen LogP contribution >= 0.6 is 23.6 Å². The first-order chi connectivity index (χ1) is 13.1. The number of esters is 1. The number of thiophene rings is 1. The zero-order chi connectivity index (χ0) is 18.5. The van der Waals surface area contributed by atoms with E-state index in [4.69, 9.17) is 17.0 Å². The minimum atomic E-state index is -0.257. The van der Waals surface area contributed by atoms with Gasteiger partial charge in [-0.15, -0.1) is 11.3 Å². The van der Waals surface area contributed by atoms with Crippen LogP contribution in [0.5, 0.6) is 0 Å². The van der Waals surface area contributed by atoms with Gasteiger partial charge in [-0.3, -0.25) is 10.1 Å². The lowest BCUT2D eigenvalue weighted by Crippen LogP contribution is -2.21. The lowest BCUT2D eigenvalue weighted by atomic mass is 10.00. The lowest BCUT2D eigenvalue weighted by Gasteiger charge is -2.03. The highest BCUT2D eigenvalue weighted by atomic mass is 32.1. The molecule has 2 aromatic carbocycles. The Kier molecular flexibility index (Phi) is 3.60. The molecule has 1 aromatic heterocycles. The molecule has 0 spiro atoms. The number of benzene rings is 2. The Morgan fingerprint density at radius 1 is 1.04 bits per heavy atom. The Morgan fingerprint density at radius 2 is 1.85 bits per heavy atom. The third-order valence-corrected chi connectivity index (χ3v) is 5.81. The van der Waals surface area contributed by atoms with Crippen molar-refractivity contribution < 1.29 is 14.3 Å². The summed E-state index contributed by atoms with van der Waals surface area (Å²) < 4.78 is 6.19. The zero-order valence-corrected chi connectivity index (χ0v) is 15.5. The van der Waals surface area contributed by atoms with Crippen molar-refractivity contribution in [3.63, 3.8) is 0 Å². The number of hydrogen-bond acceptors (Lipinski definition) is 5. The second-order valence-electron chi connectivity index (χ2n) is 6.32. The third kappa shape index (κ3) is 2.81. The molecule has 5 nitrogen and oxygen atoms in total. The summed E-state index contributed by atoms with van der Waals surface area (Å²) in [6, 6.07) is 14.0. The summed E-state index contributed by atoms with van der Waals surface area (Å²) in [7, 11) is 0. The fourth-order valence-corrected chi connectivity index (χ4v) is 4.49. The normalized spacial score (nSPS) is 17.2. The minimum absolute atomic E-state index is 0.215. The average molecular weight is 392 g/mol. The summed E-state index contributed by atoms with van der Waals surface area (Å²) in [6.45, 7) is 0.331. The van der Waals surface area contributed by atoms with E-state index in [1.807, 2.05) is 24.3 Å². The molecule has 3 heterocycles. The number of carbonyl (C=O) groups is 2. The first kappa shape index (κ1) is 16.2. The lowest BCUT2D eigenvalue weighted by molar-refractivity contribution is -0.115. The molecule has 1 amide bonds. The van der Waals surface area contributed by atoms with Gasteiger partial charge in [-0.05, 0) is 59.1 Å². The molecule has 0 atom stereocenters. The highest BCUT2D eigenvalue weighted by Crippen LogP contribution is 2.33. The second-order valence-corrected chi connectivity index (χ2v) is 7.84. The molecule has 2 N–H and O–H groups in total. The number of hydrogen-bond donors (Lipinski definition) is 2. The first-order valence-corrected chi connectivity index (χ1v) is 9.47. The predicted molar refractivity (Wildman–Crippen MR) is 108 cm³/mol. The maximum absolute atomic E-state index is 11.8. The van der Waals surface area contributed by atoms with Crippen LogP contribution in [0.1, 0.15) is 20.8 Å². The van der Waals surface area contributed by atoms with Gasteiger partial charge >= 0.3 is 5.97 Å². The Hall–Kier alpha value is -3.03. The van der Waals surface area contributed by atoms with Gasteiger partial charge in [-0.25, -0.2) is 4.79 Å². The Balaban J connectivity index is 1.51. The highest BCUT2D eigenvalue weighted by molar-refractivity contribution is 7.80. The largest absolute Gasteiger partial charge is 0.457 e. The Bertz CT molecular complexity index is 1190. The number of ether oxygens (including phenoxy) is 1. The van der Waals surface area contributed by atoms with Crippen molar-refractivity contribution in [2.75, 3.05) is 0 Å². The van der Waals surface area contributed by atoms with E-state index in [1.54, 1.807) is 17.4 Å². The van der Waals surface area contributed by atoms with Crippen LogP contribution in [0.15, 0.2) is 48.2 Å². The Labute approximate surface area is 163 Å². The van der Waals surface area contributed by atoms with Gasteiger partial charge in [0.05, 0.1) is 5.56 Å². The van der Waals surface area contributed by atoms with Crippen molar-refractivity contribution in [2.24, 2.45) is 0 Å². The van der Waals surface area contributed by atoms with Crippen LogP contribution in [0.3, 0.4) is 0 Å². The van der Waals surface area contributed by atoms with E-state index in [0.29, 0.717) is 23.0 Å². The van der Waals surface area contributed by atoms with Crippen molar-refractivity contribution in [3.8, 4) is 11.1 Å². The molecule has 1 fully saturated rings. The summed E-state index contributed by atoms with van der Waals surface area (Å²) in [6.07, 6.45) is 1.80. The van der Waals surface area contributed by atoms with Crippen molar-refractivity contribution in [2.45, 2.75) is 6.61 Å². The van der Waals surface area contributed by atoms with Crippen LogP contribution in [-0.2, 0) is 16.1 Å². The molecular weight excluding hydrogens is 380 g/mol.